The summed E-state index contributed by atoms with van der Waals surface area (Å²) in [6, 6.07) is 0. The number of Topliss-reactive ketones (excluding diaryl/α,β-unsaturated/α-hetero) is 1. The lowest BCUT2D eigenvalue weighted by atomic mass is 9.81. The third kappa shape index (κ3) is 4.19. The number of esters is 1. The topological polar surface area (TPSA) is 60.4 Å². The summed E-state index contributed by atoms with van der Waals surface area (Å²) in [5.74, 6) is -0.641. The van der Waals surface area contributed by atoms with Crippen molar-refractivity contribution in [2.24, 2.45) is 0 Å². The van der Waals surface area contributed by atoms with Gasteiger partial charge in [-0.2, -0.15) is 0 Å². The standard InChI is InChI=1S/C20H24O4/c1-4-7-19(22)24-18(11-10-13(2)3)16-12-17(21)14-8-5-6-9-15(14)20(16)23/h5-6,10,12,18H,4,7-9,11H2,1-3H3/t18-/m1/s1. The van der Waals surface area contributed by atoms with Crippen LogP contribution in [0.5, 0.6) is 0 Å². The molecule has 0 aromatic heterocycles. The average Bonchev–Trinajstić information content (AvgIpc) is 2.55. The van der Waals surface area contributed by atoms with E-state index >= 15 is 0 Å². The van der Waals surface area contributed by atoms with Crippen LogP contribution in [0.15, 0.2) is 46.6 Å². The zero-order valence-corrected chi connectivity index (χ0v) is 14.6. The molecule has 0 bridgehead atoms. The van der Waals surface area contributed by atoms with Crippen LogP contribution in [-0.2, 0) is 19.1 Å². The van der Waals surface area contributed by atoms with Crippen LogP contribution in [0.1, 0.15) is 52.9 Å². The molecule has 128 valence electrons. The maximum atomic E-state index is 12.8. The fraction of sp³-hybridized carbons (Fsp3) is 0.450. The predicted molar refractivity (Wildman–Crippen MR) is 92.3 cm³/mol. The molecule has 0 aromatic carbocycles. The van der Waals surface area contributed by atoms with Crippen molar-refractivity contribution in [1.82, 2.24) is 0 Å². The van der Waals surface area contributed by atoms with Crippen LogP contribution in [0.4, 0.5) is 0 Å². The van der Waals surface area contributed by atoms with Gasteiger partial charge in [-0.15, -0.1) is 0 Å². The fourth-order valence-corrected chi connectivity index (χ4v) is 2.84. The molecule has 0 radical (unpaired) electrons. The first-order valence-electron chi connectivity index (χ1n) is 8.44. The molecule has 0 N–H and O–H groups in total. The molecule has 24 heavy (non-hydrogen) atoms. The van der Waals surface area contributed by atoms with Crippen LogP contribution in [0.2, 0.25) is 0 Å². The average molecular weight is 328 g/mol. The summed E-state index contributed by atoms with van der Waals surface area (Å²) in [4.78, 5) is 37.1. The van der Waals surface area contributed by atoms with E-state index in [9.17, 15) is 14.4 Å². The molecule has 0 spiro atoms. The zero-order chi connectivity index (χ0) is 17.7. The van der Waals surface area contributed by atoms with E-state index in [0.29, 0.717) is 48.8 Å². The number of allylic oxidation sites excluding steroid dienone is 6. The van der Waals surface area contributed by atoms with Crippen LogP contribution < -0.4 is 0 Å². The summed E-state index contributed by atoms with van der Waals surface area (Å²) in [6.45, 7) is 5.78. The van der Waals surface area contributed by atoms with Gasteiger partial charge in [-0.05, 0) is 39.2 Å². The smallest absolute Gasteiger partial charge is 0.306 e. The molecule has 4 heteroatoms. The van der Waals surface area contributed by atoms with E-state index in [1.54, 1.807) is 0 Å². The second kappa shape index (κ2) is 8.04. The summed E-state index contributed by atoms with van der Waals surface area (Å²) in [5, 5.41) is 0. The minimum absolute atomic E-state index is 0.141. The summed E-state index contributed by atoms with van der Waals surface area (Å²) < 4.78 is 5.51. The number of rotatable bonds is 6. The van der Waals surface area contributed by atoms with E-state index in [1.165, 1.54) is 6.08 Å². The van der Waals surface area contributed by atoms with Crippen LogP contribution in [-0.4, -0.2) is 23.6 Å². The van der Waals surface area contributed by atoms with Crippen molar-refractivity contribution < 1.29 is 19.1 Å². The summed E-state index contributed by atoms with van der Waals surface area (Å²) in [7, 11) is 0. The van der Waals surface area contributed by atoms with Gasteiger partial charge in [0.05, 0.1) is 0 Å². The Morgan fingerprint density at radius 1 is 1.21 bits per heavy atom. The molecule has 0 aromatic rings. The lowest BCUT2D eigenvalue weighted by Crippen LogP contribution is -2.30. The first-order chi connectivity index (χ1) is 11.4. The predicted octanol–water partition coefficient (Wildman–Crippen LogP) is 3.78. The molecule has 2 aliphatic rings. The Hall–Kier alpha value is -2.23. The minimum atomic E-state index is -0.699. The molecule has 2 aliphatic carbocycles. The van der Waals surface area contributed by atoms with Crippen molar-refractivity contribution >= 4 is 17.5 Å². The Balaban J connectivity index is 2.28. The minimum Gasteiger partial charge on any atom is -0.457 e. The van der Waals surface area contributed by atoms with E-state index in [2.05, 4.69) is 0 Å². The number of carbonyl (C=O) groups is 3. The monoisotopic (exact) mass is 328 g/mol. The van der Waals surface area contributed by atoms with Crippen LogP contribution in [0.3, 0.4) is 0 Å². The number of ketones is 2. The molecule has 1 atom stereocenters. The first kappa shape index (κ1) is 18.1. The van der Waals surface area contributed by atoms with Gasteiger partial charge in [0.25, 0.3) is 0 Å². The lowest BCUT2D eigenvalue weighted by Gasteiger charge is -2.25. The maximum Gasteiger partial charge on any atom is 0.306 e. The van der Waals surface area contributed by atoms with Crippen molar-refractivity contribution in [3.05, 3.63) is 46.6 Å². The van der Waals surface area contributed by atoms with E-state index < -0.39 is 6.10 Å². The maximum absolute atomic E-state index is 12.8. The van der Waals surface area contributed by atoms with Crippen molar-refractivity contribution in [2.45, 2.75) is 59.0 Å². The van der Waals surface area contributed by atoms with Crippen LogP contribution in [0, 0.1) is 0 Å². The molecular weight excluding hydrogens is 304 g/mol. The highest BCUT2D eigenvalue weighted by Gasteiger charge is 2.33. The zero-order valence-electron chi connectivity index (χ0n) is 14.6. The Kier molecular flexibility index (Phi) is 6.07. The Morgan fingerprint density at radius 2 is 1.88 bits per heavy atom. The molecule has 0 unspecified atom stereocenters. The molecule has 0 saturated heterocycles. The number of ether oxygens (including phenoxy) is 1. The van der Waals surface area contributed by atoms with Crippen molar-refractivity contribution in [1.29, 1.82) is 0 Å². The highest BCUT2D eigenvalue weighted by molar-refractivity contribution is 6.23. The lowest BCUT2D eigenvalue weighted by molar-refractivity contribution is -0.147. The van der Waals surface area contributed by atoms with Gasteiger partial charge in [0, 0.05) is 29.6 Å². The van der Waals surface area contributed by atoms with Gasteiger partial charge in [-0.25, -0.2) is 0 Å². The number of hydrogen-bond acceptors (Lipinski definition) is 4. The van der Waals surface area contributed by atoms with Crippen molar-refractivity contribution in [2.75, 3.05) is 0 Å². The van der Waals surface area contributed by atoms with Gasteiger partial charge in [0.15, 0.2) is 11.6 Å². The molecule has 0 aliphatic heterocycles. The summed E-state index contributed by atoms with van der Waals surface area (Å²) in [5.41, 5.74) is 2.50. The molecule has 0 amide bonds. The second-order valence-corrected chi connectivity index (χ2v) is 6.38. The van der Waals surface area contributed by atoms with E-state index in [0.717, 1.165) is 5.57 Å². The molecule has 0 saturated carbocycles. The third-order valence-corrected chi connectivity index (χ3v) is 4.11. The highest BCUT2D eigenvalue weighted by Crippen LogP contribution is 2.31. The van der Waals surface area contributed by atoms with Gasteiger partial charge in [-0.3, -0.25) is 14.4 Å². The number of carbonyl (C=O) groups excluding carboxylic acids is 3. The fourth-order valence-electron chi connectivity index (χ4n) is 2.84. The molecule has 4 nitrogen and oxygen atoms in total. The van der Waals surface area contributed by atoms with Gasteiger partial charge < -0.3 is 4.74 Å². The SMILES string of the molecule is CCCC(=O)O[C@H](CC=C(C)C)C1=CC(=O)C2=C(CC=CC2)C1=O. The van der Waals surface area contributed by atoms with E-state index in [1.807, 2.05) is 39.0 Å². The van der Waals surface area contributed by atoms with Gasteiger partial charge >= 0.3 is 5.97 Å². The quantitative estimate of drug-likeness (QED) is 0.423. The van der Waals surface area contributed by atoms with E-state index in [4.69, 9.17) is 4.74 Å². The van der Waals surface area contributed by atoms with E-state index in [-0.39, 0.29) is 17.5 Å². The van der Waals surface area contributed by atoms with Crippen LogP contribution in [0.25, 0.3) is 0 Å². The third-order valence-electron chi connectivity index (χ3n) is 4.11. The largest absolute Gasteiger partial charge is 0.457 e. The van der Waals surface area contributed by atoms with Gasteiger partial charge in [-0.1, -0.05) is 30.7 Å². The first-order valence-corrected chi connectivity index (χ1v) is 8.44. The van der Waals surface area contributed by atoms with Gasteiger partial charge in [0.2, 0.25) is 0 Å². The Bertz CT molecular complexity index is 670. The Labute approximate surface area is 143 Å². The highest BCUT2D eigenvalue weighted by atomic mass is 16.5. The molecular formula is C20H24O4. The van der Waals surface area contributed by atoms with Crippen LogP contribution >= 0.6 is 0 Å². The Morgan fingerprint density at radius 3 is 2.50 bits per heavy atom. The molecule has 2 rings (SSSR count). The molecule has 0 fully saturated rings. The summed E-state index contributed by atoms with van der Waals surface area (Å²) in [6.07, 6.45) is 8.75. The number of hydrogen-bond donors (Lipinski definition) is 0. The normalized spacial score (nSPS) is 18.0. The van der Waals surface area contributed by atoms with Gasteiger partial charge in [0.1, 0.15) is 6.10 Å². The summed E-state index contributed by atoms with van der Waals surface area (Å²) >= 11 is 0. The van der Waals surface area contributed by atoms with Crippen molar-refractivity contribution in [3.63, 3.8) is 0 Å². The van der Waals surface area contributed by atoms with Crippen molar-refractivity contribution in [3.8, 4) is 0 Å². The second-order valence-electron chi connectivity index (χ2n) is 6.38. The molecule has 0 heterocycles.